The van der Waals surface area contributed by atoms with Crippen LogP contribution in [0.3, 0.4) is 0 Å². The molecule has 0 saturated heterocycles. The fraction of sp³-hybridized carbons (Fsp3) is 0.818. The molecule has 4 nitrogen and oxygen atoms in total. The Morgan fingerprint density at radius 3 is 2.47 bits per heavy atom. The van der Waals surface area contributed by atoms with E-state index < -0.39 is 12.1 Å². The first-order valence-corrected chi connectivity index (χ1v) is 5.45. The lowest BCUT2D eigenvalue weighted by atomic mass is 9.84. The molecular formula is C11H18O4. The van der Waals surface area contributed by atoms with E-state index in [1.165, 1.54) is 13.3 Å². The number of ether oxygens (including phenoxy) is 1. The number of hydrogen-bond donors (Lipinski definition) is 1. The van der Waals surface area contributed by atoms with Crippen LogP contribution in [0.15, 0.2) is 0 Å². The van der Waals surface area contributed by atoms with Crippen LogP contribution in [0.4, 0.5) is 0 Å². The second-order valence-corrected chi connectivity index (χ2v) is 4.09. The maximum atomic E-state index is 11.4. The molecule has 0 aromatic carbocycles. The maximum absolute atomic E-state index is 11.4. The number of rotatable bonds is 4. The van der Waals surface area contributed by atoms with Crippen LogP contribution in [0.1, 0.15) is 39.0 Å². The first-order chi connectivity index (χ1) is 7.11. The van der Waals surface area contributed by atoms with Crippen molar-refractivity contribution in [2.45, 2.75) is 45.1 Å². The van der Waals surface area contributed by atoms with Gasteiger partial charge in [0.25, 0.3) is 0 Å². The Labute approximate surface area is 89.6 Å². The van der Waals surface area contributed by atoms with Gasteiger partial charge in [0.2, 0.25) is 0 Å². The van der Waals surface area contributed by atoms with Gasteiger partial charge in [0.15, 0.2) is 12.4 Å². The lowest BCUT2D eigenvalue weighted by molar-refractivity contribution is -0.149. The zero-order chi connectivity index (χ0) is 11.3. The van der Waals surface area contributed by atoms with Gasteiger partial charge in [0.1, 0.15) is 6.10 Å². The third-order valence-corrected chi connectivity index (χ3v) is 2.84. The Bertz CT molecular complexity index is 231. The zero-order valence-corrected chi connectivity index (χ0v) is 9.07. The number of esters is 1. The summed E-state index contributed by atoms with van der Waals surface area (Å²) < 4.78 is 4.57. The van der Waals surface area contributed by atoms with Crippen LogP contribution in [-0.4, -0.2) is 29.6 Å². The molecule has 1 fully saturated rings. The van der Waals surface area contributed by atoms with E-state index in [1.54, 1.807) is 0 Å². The standard InChI is InChI=1S/C11H18O4/c1-8(12)15-7-10(13)11(14)9-5-3-2-4-6-9/h9,11,14H,2-7H2,1H3. The molecule has 0 aromatic heterocycles. The Kier molecular flexibility index (Phi) is 4.75. The molecule has 1 rings (SSSR count). The molecule has 86 valence electrons. The summed E-state index contributed by atoms with van der Waals surface area (Å²) in [5.74, 6) is -0.807. The van der Waals surface area contributed by atoms with E-state index in [1.807, 2.05) is 0 Å². The number of carbonyl (C=O) groups is 2. The van der Waals surface area contributed by atoms with Crippen molar-refractivity contribution in [1.82, 2.24) is 0 Å². The van der Waals surface area contributed by atoms with Crippen LogP contribution in [0.5, 0.6) is 0 Å². The molecule has 1 N–H and O–H groups in total. The minimum Gasteiger partial charge on any atom is -0.458 e. The molecule has 0 spiro atoms. The average Bonchev–Trinajstić information content (AvgIpc) is 2.26. The first-order valence-electron chi connectivity index (χ1n) is 5.45. The first kappa shape index (κ1) is 12.2. The van der Waals surface area contributed by atoms with Gasteiger partial charge in [-0.2, -0.15) is 0 Å². The molecule has 1 saturated carbocycles. The Balaban J connectivity index is 2.33. The highest BCUT2D eigenvalue weighted by atomic mass is 16.5. The molecule has 1 aliphatic rings. The highest BCUT2D eigenvalue weighted by Crippen LogP contribution is 2.26. The van der Waals surface area contributed by atoms with Crippen molar-refractivity contribution in [3.05, 3.63) is 0 Å². The average molecular weight is 214 g/mol. The molecule has 1 unspecified atom stereocenters. The van der Waals surface area contributed by atoms with E-state index in [2.05, 4.69) is 4.74 Å². The van der Waals surface area contributed by atoms with Crippen LogP contribution >= 0.6 is 0 Å². The summed E-state index contributed by atoms with van der Waals surface area (Å²) in [5, 5.41) is 9.71. The van der Waals surface area contributed by atoms with Gasteiger partial charge in [-0.15, -0.1) is 0 Å². The Morgan fingerprint density at radius 1 is 1.33 bits per heavy atom. The SMILES string of the molecule is CC(=O)OCC(=O)C(O)C1CCCCC1. The van der Waals surface area contributed by atoms with Crippen molar-refractivity contribution in [2.75, 3.05) is 6.61 Å². The summed E-state index contributed by atoms with van der Waals surface area (Å²) in [4.78, 5) is 21.9. The van der Waals surface area contributed by atoms with Crippen molar-refractivity contribution in [2.24, 2.45) is 5.92 Å². The molecular weight excluding hydrogens is 196 g/mol. The van der Waals surface area contributed by atoms with Gasteiger partial charge in [-0.3, -0.25) is 9.59 Å². The van der Waals surface area contributed by atoms with Gasteiger partial charge >= 0.3 is 5.97 Å². The van der Waals surface area contributed by atoms with E-state index in [9.17, 15) is 14.7 Å². The Hall–Kier alpha value is -0.900. The van der Waals surface area contributed by atoms with Gasteiger partial charge in [-0.25, -0.2) is 0 Å². The predicted octanol–water partition coefficient (Wildman–Crippen LogP) is 1.06. The van der Waals surface area contributed by atoms with Crippen molar-refractivity contribution in [3.63, 3.8) is 0 Å². The highest BCUT2D eigenvalue weighted by molar-refractivity contribution is 5.85. The summed E-state index contributed by atoms with van der Waals surface area (Å²) in [6.45, 7) is 0.952. The predicted molar refractivity (Wildman–Crippen MR) is 54.2 cm³/mol. The minimum atomic E-state index is -0.954. The second kappa shape index (κ2) is 5.85. The quantitative estimate of drug-likeness (QED) is 0.711. The van der Waals surface area contributed by atoms with Gasteiger partial charge in [-0.1, -0.05) is 19.3 Å². The van der Waals surface area contributed by atoms with Gasteiger partial charge in [-0.05, 0) is 18.8 Å². The summed E-state index contributed by atoms with van der Waals surface area (Å²) >= 11 is 0. The van der Waals surface area contributed by atoms with Crippen molar-refractivity contribution >= 4 is 11.8 Å². The van der Waals surface area contributed by atoms with Crippen molar-refractivity contribution in [3.8, 4) is 0 Å². The van der Waals surface area contributed by atoms with Crippen LogP contribution in [0.2, 0.25) is 0 Å². The number of aliphatic hydroxyl groups excluding tert-OH is 1. The number of aliphatic hydroxyl groups is 1. The van der Waals surface area contributed by atoms with Crippen LogP contribution in [-0.2, 0) is 14.3 Å². The molecule has 1 aliphatic carbocycles. The summed E-state index contributed by atoms with van der Waals surface area (Å²) in [5.41, 5.74) is 0. The molecule has 1 atom stereocenters. The monoisotopic (exact) mass is 214 g/mol. The molecule has 15 heavy (non-hydrogen) atoms. The highest BCUT2D eigenvalue weighted by Gasteiger charge is 2.27. The molecule has 0 heterocycles. The van der Waals surface area contributed by atoms with Gasteiger partial charge in [0, 0.05) is 6.92 Å². The maximum Gasteiger partial charge on any atom is 0.303 e. The molecule has 0 aliphatic heterocycles. The van der Waals surface area contributed by atoms with E-state index in [0.717, 1.165) is 25.7 Å². The topological polar surface area (TPSA) is 63.6 Å². The fourth-order valence-corrected chi connectivity index (χ4v) is 1.97. The summed E-state index contributed by atoms with van der Waals surface area (Å²) in [6.07, 6.45) is 4.16. The van der Waals surface area contributed by atoms with Crippen molar-refractivity contribution in [1.29, 1.82) is 0 Å². The number of Topliss-reactive ketones (excluding diaryl/α,β-unsaturated/α-hetero) is 1. The summed E-state index contributed by atoms with van der Waals surface area (Å²) in [6, 6.07) is 0. The number of carbonyl (C=O) groups excluding carboxylic acids is 2. The molecule has 0 amide bonds. The van der Waals surface area contributed by atoms with Gasteiger partial charge < -0.3 is 9.84 Å². The zero-order valence-electron chi connectivity index (χ0n) is 9.07. The van der Waals surface area contributed by atoms with Gasteiger partial charge in [0.05, 0.1) is 0 Å². The number of hydrogen-bond acceptors (Lipinski definition) is 4. The van der Waals surface area contributed by atoms with E-state index >= 15 is 0 Å². The lowest BCUT2D eigenvalue weighted by Gasteiger charge is -2.25. The summed E-state index contributed by atoms with van der Waals surface area (Å²) in [7, 11) is 0. The molecule has 0 radical (unpaired) electrons. The third kappa shape index (κ3) is 4.00. The van der Waals surface area contributed by atoms with Crippen LogP contribution < -0.4 is 0 Å². The lowest BCUT2D eigenvalue weighted by Crippen LogP contribution is -2.34. The van der Waals surface area contributed by atoms with E-state index in [4.69, 9.17) is 0 Å². The molecule has 0 bridgehead atoms. The van der Waals surface area contributed by atoms with E-state index in [0.29, 0.717) is 0 Å². The normalized spacial score (nSPS) is 19.6. The third-order valence-electron chi connectivity index (χ3n) is 2.84. The minimum absolute atomic E-state index is 0.0572. The molecule has 4 heteroatoms. The molecule has 0 aromatic rings. The Morgan fingerprint density at radius 2 is 1.93 bits per heavy atom. The number of ketones is 1. The fourth-order valence-electron chi connectivity index (χ4n) is 1.97. The van der Waals surface area contributed by atoms with E-state index in [-0.39, 0.29) is 18.3 Å². The largest absolute Gasteiger partial charge is 0.458 e. The second-order valence-electron chi connectivity index (χ2n) is 4.09. The van der Waals surface area contributed by atoms with Crippen molar-refractivity contribution < 1.29 is 19.4 Å². The van der Waals surface area contributed by atoms with Crippen LogP contribution in [0, 0.1) is 5.92 Å². The smallest absolute Gasteiger partial charge is 0.303 e. The van der Waals surface area contributed by atoms with Crippen LogP contribution in [0.25, 0.3) is 0 Å².